The van der Waals surface area contributed by atoms with Gasteiger partial charge >= 0.3 is 0 Å². The summed E-state index contributed by atoms with van der Waals surface area (Å²) in [6.45, 7) is 1.91. The van der Waals surface area contributed by atoms with Crippen molar-refractivity contribution in [3.05, 3.63) is 78.0 Å². The molecule has 1 amide bonds. The first-order chi connectivity index (χ1) is 12.1. The molecular weight excluding hydrogens is 310 g/mol. The van der Waals surface area contributed by atoms with Gasteiger partial charge in [-0.25, -0.2) is 0 Å². The number of nitrogens with zero attached hydrogens (tertiary/aromatic N) is 1. The van der Waals surface area contributed by atoms with Crippen molar-refractivity contribution in [1.82, 2.24) is 4.98 Å². The number of nitrogens with two attached hydrogens (primary N) is 1. The number of aryl methyl sites for hydroxylation is 1. The van der Waals surface area contributed by atoms with Crippen LogP contribution in [0.15, 0.2) is 66.7 Å². The predicted octanol–water partition coefficient (Wildman–Crippen LogP) is 4.53. The molecule has 3 aromatic carbocycles. The highest BCUT2D eigenvalue weighted by molar-refractivity contribution is 6.07. The van der Waals surface area contributed by atoms with E-state index in [-0.39, 0.29) is 5.91 Å². The summed E-state index contributed by atoms with van der Waals surface area (Å²) < 4.78 is 0. The lowest BCUT2D eigenvalue weighted by Gasteiger charge is -2.09. The molecule has 0 radical (unpaired) electrons. The van der Waals surface area contributed by atoms with Crippen LogP contribution in [0.3, 0.4) is 0 Å². The molecule has 4 rings (SSSR count). The molecular formula is C21H17N3O. The molecule has 4 heteroatoms. The molecule has 0 aliphatic heterocycles. The topological polar surface area (TPSA) is 68.0 Å². The number of pyridine rings is 1. The lowest BCUT2D eigenvalue weighted by atomic mass is 10.1. The summed E-state index contributed by atoms with van der Waals surface area (Å²) in [6, 6.07) is 21.0. The third-order valence-corrected chi connectivity index (χ3v) is 4.24. The number of nitrogen functional groups attached to an aromatic ring is 1. The van der Waals surface area contributed by atoms with Gasteiger partial charge in [-0.15, -0.1) is 0 Å². The van der Waals surface area contributed by atoms with Crippen LogP contribution in [0.1, 0.15) is 16.1 Å². The van der Waals surface area contributed by atoms with Gasteiger partial charge in [0.1, 0.15) is 0 Å². The molecule has 0 bridgehead atoms. The van der Waals surface area contributed by atoms with E-state index in [0.717, 1.165) is 27.4 Å². The fourth-order valence-corrected chi connectivity index (χ4v) is 3.00. The number of rotatable bonds is 2. The molecule has 3 N–H and O–H groups in total. The van der Waals surface area contributed by atoms with E-state index in [0.29, 0.717) is 16.9 Å². The van der Waals surface area contributed by atoms with Gasteiger partial charge < -0.3 is 11.1 Å². The van der Waals surface area contributed by atoms with Crippen LogP contribution >= 0.6 is 0 Å². The second kappa shape index (κ2) is 5.91. The number of amides is 1. The largest absolute Gasteiger partial charge is 0.398 e. The molecule has 25 heavy (non-hydrogen) atoms. The minimum Gasteiger partial charge on any atom is -0.398 e. The van der Waals surface area contributed by atoms with Crippen molar-refractivity contribution < 1.29 is 4.79 Å². The maximum Gasteiger partial charge on any atom is 0.255 e. The Kier molecular flexibility index (Phi) is 3.58. The zero-order valence-electron chi connectivity index (χ0n) is 13.8. The molecule has 0 atom stereocenters. The Labute approximate surface area is 145 Å². The molecule has 0 aliphatic carbocycles. The third-order valence-electron chi connectivity index (χ3n) is 4.24. The number of fused-ring (bicyclic) bond motifs is 2. The Balaban J connectivity index is 1.66. The summed E-state index contributed by atoms with van der Waals surface area (Å²) in [7, 11) is 0. The highest BCUT2D eigenvalue weighted by atomic mass is 16.1. The maximum absolute atomic E-state index is 12.6. The number of anilines is 2. The van der Waals surface area contributed by atoms with Gasteiger partial charge in [-0.1, -0.05) is 30.3 Å². The Morgan fingerprint density at radius 2 is 1.76 bits per heavy atom. The highest BCUT2D eigenvalue weighted by Gasteiger charge is 2.09. The minimum atomic E-state index is -0.149. The first-order valence-corrected chi connectivity index (χ1v) is 8.07. The van der Waals surface area contributed by atoms with Crippen molar-refractivity contribution in [1.29, 1.82) is 0 Å². The summed E-state index contributed by atoms with van der Waals surface area (Å²) in [5.41, 5.74) is 9.74. The zero-order valence-corrected chi connectivity index (χ0v) is 13.8. The number of carbonyl (C=O) groups is 1. The van der Waals surface area contributed by atoms with Crippen molar-refractivity contribution in [2.75, 3.05) is 11.1 Å². The van der Waals surface area contributed by atoms with E-state index in [4.69, 9.17) is 5.73 Å². The van der Waals surface area contributed by atoms with Crippen molar-refractivity contribution >= 4 is 39.0 Å². The molecule has 0 spiro atoms. The van der Waals surface area contributed by atoms with Crippen LogP contribution in [0.25, 0.3) is 21.7 Å². The number of benzene rings is 3. The van der Waals surface area contributed by atoms with E-state index in [2.05, 4.69) is 10.3 Å². The molecule has 122 valence electrons. The molecule has 1 aromatic heterocycles. The molecule has 0 unspecified atom stereocenters. The Morgan fingerprint density at radius 3 is 2.60 bits per heavy atom. The van der Waals surface area contributed by atoms with Crippen molar-refractivity contribution in [3.63, 3.8) is 0 Å². The monoisotopic (exact) mass is 327 g/mol. The van der Waals surface area contributed by atoms with Gasteiger partial charge in [-0.3, -0.25) is 9.78 Å². The summed E-state index contributed by atoms with van der Waals surface area (Å²) in [5.74, 6) is -0.149. The lowest BCUT2D eigenvalue weighted by molar-refractivity contribution is 0.102. The van der Waals surface area contributed by atoms with Crippen LogP contribution in [0.2, 0.25) is 0 Å². The van der Waals surface area contributed by atoms with Gasteiger partial charge in [0.15, 0.2) is 0 Å². The second-order valence-electron chi connectivity index (χ2n) is 6.10. The van der Waals surface area contributed by atoms with Crippen LogP contribution in [-0.2, 0) is 0 Å². The standard InChI is InChI=1S/C21H17N3O/c1-13-10-19(22)18-12-17(8-9-20(18)23-13)24-21(25)16-7-6-14-4-2-3-5-15(14)11-16/h2-12H,1H3,(H2,22,23)(H,24,25). The van der Waals surface area contributed by atoms with E-state index in [1.165, 1.54) is 0 Å². The van der Waals surface area contributed by atoms with Crippen molar-refractivity contribution in [2.24, 2.45) is 0 Å². The zero-order chi connectivity index (χ0) is 17.4. The van der Waals surface area contributed by atoms with Gasteiger partial charge in [0.05, 0.1) is 5.52 Å². The number of hydrogen-bond acceptors (Lipinski definition) is 3. The maximum atomic E-state index is 12.6. The van der Waals surface area contributed by atoms with E-state index in [1.54, 1.807) is 0 Å². The highest BCUT2D eigenvalue weighted by Crippen LogP contribution is 2.24. The van der Waals surface area contributed by atoms with Gasteiger partial charge in [0.25, 0.3) is 5.91 Å². The summed E-state index contributed by atoms with van der Waals surface area (Å²) in [4.78, 5) is 17.0. The molecule has 4 aromatic rings. The van der Waals surface area contributed by atoms with E-state index < -0.39 is 0 Å². The van der Waals surface area contributed by atoms with Gasteiger partial charge in [0.2, 0.25) is 0 Å². The molecule has 1 heterocycles. The Morgan fingerprint density at radius 1 is 0.960 bits per heavy atom. The van der Waals surface area contributed by atoms with Crippen LogP contribution in [0.5, 0.6) is 0 Å². The fraction of sp³-hybridized carbons (Fsp3) is 0.0476. The average Bonchev–Trinajstić information content (AvgIpc) is 2.61. The van der Waals surface area contributed by atoms with Gasteiger partial charge in [-0.05, 0) is 54.1 Å². The number of carbonyl (C=O) groups excluding carboxylic acids is 1. The van der Waals surface area contributed by atoms with Crippen LogP contribution in [-0.4, -0.2) is 10.9 Å². The quantitative estimate of drug-likeness (QED) is 0.568. The summed E-state index contributed by atoms with van der Waals surface area (Å²) in [5, 5.41) is 5.92. The number of nitrogens with one attached hydrogen (secondary N) is 1. The van der Waals surface area contributed by atoms with Crippen molar-refractivity contribution in [2.45, 2.75) is 6.92 Å². The molecule has 0 fully saturated rings. The lowest BCUT2D eigenvalue weighted by Crippen LogP contribution is -2.11. The smallest absolute Gasteiger partial charge is 0.255 e. The SMILES string of the molecule is Cc1cc(N)c2cc(NC(=O)c3ccc4ccccc4c3)ccc2n1. The molecule has 0 aliphatic rings. The first-order valence-electron chi connectivity index (χ1n) is 8.07. The molecule has 4 nitrogen and oxygen atoms in total. The van der Waals surface area contributed by atoms with Gasteiger partial charge in [-0.2, -0.15) is 0 Å². The van der Waals surface area contributed by atoms with Crippen LogP contribution in [0.4, 0.5) is 11.4 Å². The predicted molar refractivity (Wildman–Crippen MR) is 103 cm³/mol. The molecule has 0 saturated carbocycles. The molecule has 0 saturated heterocycles. The van der Waals surface area contributed by atoms with E-state index >= 15 is 0 Å². The normalized spacial score (nSPS) is 10.9. The Hall–Kier alpha value is -3.40. The Bertz CT molecular complexity index is 1120. The minimum absolute atomic E-state index is 0.149. The summed E-state index contributed by atoms with van der Waals surface area (Å²) >= 11 is 0. The van der Waals surface area contributed by atoms with Crippen LogP contribution < -0.4 is 11.1 Å². The third kappa shape index (κ3) is 2.90. The number of aromatic nitrogens is 1. The van der Waals surface area contributed by atoms with Crippen molar-refractivity contribution in [3.8, 4) is 0 Å². The van der Waals surface area contributed by atoms with E-state index in [9.17, 15) is 4.79 Å². The number of hydrogen-bond donors (Lipinski definition) is 2. The second-order valence-corrected chi connectivity index (χ2v) is 6.10. The average molecular weight is 327 g/mol. The van der Waals surface area contributed by atoms with E-state index in [1.807, 2.05) is 73.7 Å². The summed E-state index contributed by atoms with van der Waals surface area (Å²) in [6.07, 6.45) is 0. The first kappa shape index (κ1) is 15.1. The van der Waals surface area contributed by atoms with Crippen LogP contribution in [0, 0.1) is 6.92 Å². The van der Waals surface area contributed by atoms with Gasteiger partial charge in [0, 0.05) is 28.0 Å². The fourth-order valence-electron chi connectivity index (χ4n) is 3.00.